The molecule has 1 heterocycles. The van der Waals surface area contributed by atoms with Gasteiger partial charge in [0.15, 0.2) is 5.69 Å². The Morgan fingerprint density at radius 1 is 1.35 bits per heavy atom. The molecule has 120 valence electrons. The topological polar surface area (TPSA) is 117 Å². The average molecular weight is 320 g/mol. The van der Waals surface area contributed by atoms with E-state index in [0.29, 0.717) is 0 Å². The maximum Gasteiger partial charge on any atom is 0.295 e. The first-order valence-corrected chi connectivity index (χ1v) is 6.59. The summed E-state index contributed by atoms with van der Waals surface area (Å²) < 4.78 is 13.0. The fraction of sp³-hybridized carbons (Fsp3) is 0.143. The van der Waals surface area contributed by atoms with Crippen LogP contribution in [0.1, 0.15) is 10.5 Å². The van der Waals surface area contributed by atoms with Crippen LogP contribution in [0.5, 0.6) is 5.75 Å². The molecule has 0 saturated carbocycles. The molecule has 0 radical (unpaired) electrons. The van der Waals surface area contributed by atoms with E-state index in [9.17, 15) is 24.4 Å². The van der Waals surface area contributed by atoms with E-state index in [1.165, 1.54) is 24.4 Å². The van der Waals surface area contributed by atoms with Crippen molar-refractivity contribution in [3.8, 4) is 5.75 Å². The molecule has 1 aromatic heterocycles. The third-order valence-corrected chi connectivity index (χ3v) is 2.88. The van der Waals surface area contributed by atoms with Gasteiger partial charge in [-0.3, -0.25) is 14.9 Å². The summed E-state index contributed by atoms with van der Waals surface area (Å²) in [6, 6.07) is 5.98. The van der Waals surface area contributed by atoms with Crippen LogP contribution >= 0.6 is 0 Å². The first-order chi connectivity index (χ1) is 11.0. The molecule has 9 heteroatoms. The van der Waals surface area contributed by atoms with Crippen LogP contribution < -0.4 is 10.6 Å². The highest BCUT2D eigenvalue weighted by Gasteiger charge is 2.15. The Morgan fingerprint density at radius 3 is 2.83 bits per heavy atom. The fourth-order valence-corrected chi connectivity index (χ4v) is 1.83. The summed E-state index contributed by atoms with van der Waals surface area (Å²) in [7, 11) is 0. The summed E-state index contributed by atoms with van der Waals surface area (Å²) in [5.74, 6) is -1.52. The first kappa shape index (κ1) is 16.1. The number of amides is 1. The predicted octanol–water partition coefficient (Wildman–Crippen LogP) is 1.68. The second-order valence-electron chi connectivity index (χ2n) is 4.47. The van der Waals surface area contributed by atoms with E-state index in [2.05, 4.69) is 15.6 Å². The fourth-order valence-electron chi connectivity index (χ4n) is 1.83. The number of hydrogen-bond donors (Lipinski definition) is 3. The lowest BCUT2D eigenvalue weighted by atomic mass is 10.2. The standard InChI is InChI=1S/C14H13FN4O4/c15-9-3-4-10(11(8-9)19(22)23)16-6-7-18-14(21)13-12(20)2-1-5-17-13/h1-5,8,16,20H,6-7H2,(H,18,21). The second kappa shape index (κ2) is 7.16. The summed E-state index contributed by atoms with van der Waals surface area (Å²) >= 11 is 0. The monoisotopic (exact) mass is 320 g/mol. The number of benzene rings is 1. The number of nitrogens with one attached hydrogen (secondary N) is 2. The van der Waals surface area contributed by atoms with E-state index < -0.39 is 22.3 Å². The zero-order chi connectivity index (χ0) is 16.8. The third-order valence-electron chi connectivity index (χ3n) is 2.88. The van der Waals surface area contributed by atoms with Gasteiger partial charge in [0.05, 0.1) is 11.0 Å². The molecular formula is C14H13FN4O4. The Labute approximate surface area is 130 Å². The minimum Gasteiger partial charge on any atom is -0.505 e. The van der Waals surface area contributed by atoms with Crippen molar-refractivity contribution >= 4 is 17.3 Å². The normalized spacial score (nSPS) is 10.1. The molecule has 1 amide bonds. The van der Waals surface area contributed by atoms with Gasteiger partial charge in [-0.2, -0.15) is 0 Å². The van der Waals surface area contributed by atoms with Gasteiger partial charge in [0, 0.05) is 19.3 Å². The van der Waals surface area contributed by atoms with Crippen LogP contribution in [0.15, 0.2) is 36.5 Å². The number of rotatable bonds is 6. The number of halogens is 1. The molecule has 23 heavy (non-hydrogen) atoms. The molecule has 0 aliphatic heterocycles. The zero-order valence-electron chi connectivity index (χ0n) is 11.8. The van der Waals surface area contributed by atoms with Crippen molar-refractivity contribution in [2.45, 2.75) is 0 Å². The average Bonchev–Trinajstić information content (AvgIpc) is 2.52. The highest BCUT2D eigenvalue weighted by atomic mass is 19.1. The minimum atomic E-state index is -0.707. The van der Waals surface area contributed by atoms with Gasteiger partial charge in [-0.15, -0.1) is 0 Å². The Bertz CT molecular complexity index is 738. The number of hydrogen-bond acceptors (Lipinski definition) is 6. The van der Waals surface area contributed by atoms with Crippen molar-refractivity contribution in [3.63, 3.8) is 0 Å². The number of anilines is 1. The van der Waals surface area contributed by atoms with Crippen molar-refractivity contribution in [1.29, 1.82) is 0 Å². The smallest absolute Gasteiger partial charge is 0.295 e. The molecule has 0 aliphatic carbocycles. The third kappa shape index (κ3) is 4.13. The largest absolute Gasteiger partial charge is 0.505 e. The van der Waals surface area contributed by atoms with Crippen LogP contribution in [0.25, 0.3) is 0 Å². The molecule has 0 spiro atoms. The quantitative estimate of drug-likeness (QED) is 0.423. The van der Waals surface area contributed by atoms with E-state index in [4.69, 9.17) is 0 Å². The lowest BCUT2D eigenvalue weighted by molar-refractivity contribution is -0.384. The van der Waals surface area contributed by atoms with Gasteiger partial charge in [-0.25, -0.2) is 9.37 Å². The highest BCUT2D eigenvalue weighted by Crippen LogP contribution is 2.24. The van der Waals surface area contributed by atoms with Gasteiger partial charge >= 0.3 is 0 Å². The van der Waals surface area contributed by atoms with Gasteiger partial charge in [-0.05, 0) is 24.3 Å². The summed E-state index contributed by atoms with van der Waals surface area (Å²) in [4.78, 5) is 25.7. The van der Waals surface area contributed by atoms with Crippen LogP contribution in [0.3, 0.4) is 0 Å². The number of aromatic nitrogens is 1. The van der Waals surface area contributed by atoms with Gasteiger partial charge in [-0.1, -0.05) is 0 Å². The summed E-state index contributed by atoms with van der Waals surface area (Å²) in [5.41, 5.74) is -0.356. The Balaban J connectivity index is 1.90. The van der Waals surface area contributed by atoms with Crippen LogP contribution in [-0.2, 0) is 0 Å². The van der Waals surface area contributed by atoms with Crippen LogP contribution in [-0.4, -0.2) is 34.0 Å². The van der Waals surface area contributed by atoms with Crippen molar-refractivity contribution in [2.75, 3.05) is 18.4 Å². The van der Waals surface area contributed by atoms with Gasteiger partial charge in [0.1, 0.15) is 17.3 Å². The maximum absolute atomic E-state index is 13.0. The highest BCUT2D eigenvalue weighted by molar-refractivity contribution is 5.94. The molecule has 2 rings (SSSR count). The van der Waals surface area contributed by atoms with Crippen molar-refractivity contribution < 1.29 is 19.2 Å². The maximum atomic E-state index is 13.0. The lowest BCUT2D eigenvalue weighted by Crippen LogP contribution is -2.29. The molecule has 0 fully saturated rings. The SMILES string of the molecule is O=C(NCCNc1ccc(F)cc1[N+](=O)[O-])c1ncccc1O. The molecule has 0 unspecified atom stereocenters. The molecule has 0 atom stereocenters. The number of nitro groups is 1. The predicted molar refractivity (Wildman–Crippen MR) is 79.8 cm³/mol. The summed E-state index contributed by atoms with van der Waals surface area (Å²) in [6.45, 7) is 0.301. The Hall–Kier alpha value is -3.23. The summed E-state index contributed by atoms with van der Waals surface area (Å²) in [5, 5.41) is 25.6. The molecule has 2 aromatic rings. The number of pyridine rings is 1. The van der Waals surface area contributed by atoms with E-state index in [1.54, 1.807) is 0 Å². The van der Waals surface area contributed by atoms with Crippen molar-refractivity contribution in [3.05, 3.63) is 58.2 Å². The lowest BCUT2D eigenvalue weighted by Gasteiger charge is -2.08. The second-order valence-corrected chi connectivity index (χ2v) is 4.47. The van der Waals surface area contributed by atoms with E-state index in [0.717, 1.165) is 12.1 Å². The van der Waals surface area contributed by atoms with Gasteiger partial charge < -0.3 is 15.7 Å². The number of carbonyl (C=O) groups is 1. The Morgan fingerprint density at radius 2 is 2.13 bits per heavy atom. The number of carbonyl (C=O) groups excluding carboxylic acids is 1. The van der Waals surface area contributed by atoms with E-state index in [-0.39, 0.29) is 30.2 Å². The van der Waals surface area contributed by atoms with E-state index >= 15 is 0 Å². The number of nitro benzene ring substituents is 1. The van der Waals surface area contributed by atoms with Crippen LogP contribution in [0.2, 0.25) is 0 Å². The van der Waals surface area contributed by atoms with Crippen molar-refractivity contribution in [2.24, 2.45) is 0 Å². The number of aromatic hydroxyl groups is 1. The molecular weight excluding hydrogens is 307 g/mol. The molecule has 8 nitrogen and oxygen atoms in total. The molecule has 0 saturated heterocycles. The number of nitrogens with zero attached hydrogens (tertiary/aromatic N) is 2. The molecule has 0 bridgehead atoms. The molecule has 1 aromatic carbocycles. The molecule has 0 aliphatic rings. The molecule has 3 N–H and O–H groups in total. The Kier molecular flexibility index (Phi) is 5.03. The first-order valence-electron chi connectivity index (χ1n) is 6.59. The summed E-state index contributed by atoms with van der Waals surface area (Å²) in [6.07, 6.45) is 1.37. The zero-order valence-corrected chi connectivity index (χ0v) is 11.8. The van der Waals surface area contributed by atoms with Crippen molar-refractivity contribution in [1.82, 2.24) is 10.3 Å². The minimum absolute atomic E-state index is 0.111. The van der Waals surface area contributed by atoms with Crippen LogP contribution in [0, 0.1) is 15.9 Å². The van der Waals surface area contributed by atoms with Gasteiger partial charge in [0.2, 0.25) is 0 Å². The van der Waals surface area contributed by atoms with Crippen LogP contribution in [0.4, 0.5) is 15.8 Å². The van der Waals surface area contributed by atoms with E-state index in [1.807, 2.05) is 0 Å². The van der Waals surface area contributed by atoms with Gasteiger partial charge in [0.25, 0.3) is 11.6 Å².